The van der Waals surface area contributed by atoms with Gasteiger partial charge in [0.15, 0.2) is 6.10 Å². The molecule has 0 saturated carbocycles. The van der Waals surface area contributed by atoms with Gasteiger partial charge in [-0.2, -0.15) is 0 Å². The maximum absolute atomic E-state index is 12.4. The van der Waals surface area contributed by atoms with Crippen molar-refractivity contribution < 1.29 is 23.9 Å². The van der Waals surface area contributed by atoms with Gasteiger partial charge in [0.1, 0.15) is 12.3 Å². The third-order valence-corrected chi connectivity index (χ3v) is 4.64. The van der Waals surface area contributed by atoms with Gasteiger partial charge in [0.25, 0.3) is 5.91 Å². The lowest BCUT2D eigenvalue weighted by Gasteiger charge is -2.22. The number of ether oxygens (including phenoxy) is 2. The summed E-state index contributed by atoms with van der Waals surface area (Å²) in [6.45, 7) is 5.31. The van der Waals surface area contributed by atoms with Gasteiger partial charge in [-0.3, -0.25) is 19.3 Å². The number of amides is 2. The molecule has 29 heavy (non-hydrogen) atoms. The molecule has 2 aromatic carbocycles. The maximum Gasteiger partial charge on any atom is 0.326 e. The van der Waals surface area contributed by atoms with E-state index in [0.717, 1.165) is 11.1 Å². The summed E-state index contributed by atoms with van der Waals surface area (Å²) < 4.78 is 10.8. The minimum Gasteiger partial charge on any atom is -0.491 e. The number of hydrogen-bond acceptors (Lipinski definition) is 5. The quantitative estimate of drug-likeness (QED) is 0.786. The smallest absolute Gasteiger partial charge is 0.326 e. The average molecular weight is 396 g/mol. The zero-order valence-corrected chi connectivity index (χ0v) is 16.7. The minimum atomic E-state index is -1.00. The van der Waals surface area contributed by atoms with Crippen molar-refractivity contribution in [3.05, 3.63) is 53.6 Å². The van der Waals surface area contributed by atoms with Gasteiger partial charge >= 0.3 is 5.97 Å². The van der Waals surface area contributed by atoms with E-state index in [1.807, 2.05) is 32.0 Å². The molecule has 1 aliphatic heterocycles. The SMILES string of the molecule is Cc1ccc(NC(=O)[C@H](C)OC(=O)CN2C(=O)CCOc3ccccc32)c(C)c1. The normalized spacial score (nSPS) is 14.3. The van der Waals surface area contributed by atoms with Gasteiger partial charge in [-0.1, -0.05) is 29.8 Å². The Labute approximate surface area is 169 Å². The fourth-order valence-corrected chi connectivity index (χ4v) is 3.10. The maximum atomic E-state index is 12.4. The number of nitrogens with zero attached hydrogens (tertiary/aromatic N) is 1. The van der Waals surface area contributed by atoms with Crippen LogP contribution in [0.5, 0.6) is 5.75 Å². The fraction of sp³-hybridized carbons (Fsp3) is 0.318. The molecule has 0 fully saturated rings. The number of hydrogen-bond donors (Lipinski definition) is 1. The lowest BCUT2D eigenvalue weighted by Crippen LogP contribution is -2.39. The van der Waals surface area contributed by atoms with E-state index in [-0.39, 0.29) is 25.5 Å². The first-order valence-electron chi connectivity index (χ1n) is 9.45. The van der Waals surface area contributed by atoms with Crippen molar-refractivity contribution in [2.45, 2.75) is 33.3 Å². The van der Waals surface area contributed by atoms with E-state index in [0.29, 0.717) is 17.1 Å². The molecule has 7 nitrogen and oxygen atoms in total. The number of para-hydroxylation sites is 2. The summed E-state index contributed by atoms with van der Waals surface area (Å²) in [5.41, 5.74) is 3.19. The monoisotopic (exact) mass is 396 g/mol. The number of carbonyl (C=O) groups is 3. The Morgan fingerprint density at radius 1 is 1.21 bits per heavy atom. The van der Waals surface area contributed by atoms with Crippen LogP contribution in [0.25, 0.3) is 0 Å². The predicted molar refractivity (Wildman–Crippen MR) is 109 cm³/mol. The van der Waals surface area contributed by atoms with Gasteiger partial charge in [-0.15, -0.1) is 0 Å². The number of anilines is 2. The van der Waals surface area contributed by atoms with E-state index in [1.165, 1.54) is 11.8 Å². The lowest BCUT2D eigenvalue weighted by atomic mass is 10.1. The topological polar surface area (TPSA) is 84.9 Å². The number of carbonyl (C=O) groups excluding carboxylic acids is 3. The van der Waals surface area contributed by atoms with Crippen LogP contribution in [0.15, 0.2) is 42.5 Å². The number of nitrogens with one attached hydrogen (secondary N) is 1. The number of esters is 1. The first-order chi connectivity index (χ1) is 13.8. The van der Waals surface area contributed by atoms with Gasteiger partial charge in [0.2, 0.25) is 5.91 Å². The van der Waals surface area contributed by atoms with Crippen LogP contribution >= 0.6 is 0 Å². The molecule has 0 radical (unpaired) electrons. The van der Waals surface area contributed by atoms with Gasteiger partial charge in [-0.25, -0.2) is 0 Å². The molecule has 0 aromatic heterocycles. The van der Waals surface area contributed by atoms with Crippen LogP contribution in [0, 0.1) is 13.8 Å². The standard InChI is InChI=1S/C22H24N2O5/c1-14-8-9-17(15(2)12-14)23-22(27)16(3)29-21(26)13-24-18-6-4-5-7-19(18)28-11-10-20(24)25/h4-9,12,16H,10-11,13H2,1-3H3,(H,23,27)/t16-/m0/s1. The molecule has 2 aromatic rings. The Bertz CT molecular complexity index is 941. The fourth-order valence-electron chi connectivity index (χ4n) is 3.10. The highest BCUT2D eigenvalue weighted by Gasteiger charge is 2.27. The van der Waals surface area contributed by atoms with Crippen LogP contribution in [-0.4, -0.2) is 37.0 Å². The van der Waals surface area contributed by atoms with Crippen LogP contribution in [0.2, 0.25) is 0 Å². The summed E-state index contributed by atoms with van der Waals surface area (Å²) >= 11 is 0. The van der Waals surface area contributed by atoms with Gasteiger partial charge in [0.05, 0.1) is 18.7 Å². The largest absolute Gasteiger partial charge is 0.491 e. The van der Waals surface area contributed by atoms with Crippen molar-refractivity contribution in [3.63, 3.8) is 0 Å². The molecule has 1 atom stereocenters. The van der Waals surface area contributed by atoms with Crippen molar-refractivity contribution in [1.29, 1.82) is 0 Å². The van der Waals surface area contributed by atoms with Crippen molar-refractivity contribution in [2.75, 3.05) is 23.4 Å². The molecular weight excluding hydrogens is 372 g/mol. The Kier molecular flexibility index (Phi) is 6.16. The predicted octanol–water partition coefficient (Wildman–Crippen LogP) is 2.99. The highest BCUT2D eigenvalue weighted by molar-refractivity contribution is 6.00. The molecule has 1 N–H and O–H groups in total. The average Bonchev–Trinajstić information content (AvgIpc) is 2.83. The van der Waals surface area contributed by atoms with Crippen molar-refractivity contribution in [3.8, 4) is 5.75 Å². The van der Waals surface area contributed by atoms with E-state index in [9.17, 15) is 14.4 Å². The van der Waals surface area contributed by atoms with Crippen LogP contribution < -0.4 is 15.0 Å². The van der Waals surface area contributed by atoms with Crippen molar-refractivity contribution in [1.82, 2.24) is 0 Å². The lowest BCUT2D eigenvalue weighted by molar-refractivity contribution is -0.152. The second-order valence-electron chi connectivity index (χ2n) is 6.99. The summed E-state index contributed by atoms with van der Waals surface area (Å²) in [5.74, 6) is -0.805. The Morgan fingerprint density at radius 3 is 2.72 bits per heavy atom. The third-order valence-electron chi connectivity index (χ3n) is 4.64. The molecule has 0 aliphatic carbocycles. The molecule has 1 aliphatic rings. The van der Waals surface area contributed by atoms with Crippen LogP contribution in [-0.2, 0) is 19.1 Å². The molecule has 0 bridgehead atoms. The molecule has 0 spiro atoms. The first kappa shape index (κ1) is 20.4. The van der Waals surface area contributed by atoms with Gasteiger partial charge < -0.3 is 14.8 Å². The van der Waals surface area contributed by atoms with Gasteiger partial charge in [0, 0.05) is 5.69 Å². The molecule has 3 rings (SSSR count). The molecule has 0 unspecified atom stereocenters. The first-order valence-corrected chi connectivity index (χ1v) is 9.45. The molecular formula is C22H24N2O5. The van der Waals surface area contributed by atoms with E-state index in [2.05, 4.69) is 5.32 Å². The van der Waals surface area contributed by atoms with Crippen molar-refractivity contribution in [2.24, 2.45) is 0 Å². The number of rotatable bonds is 5. The number of fused-ring (bicyclic) bond motifs is 1. The summed E-state index contributed by atoms with van der Waals surface area (Å²) in [7, 11) is 0. The van der Waals surface area contributed by atoms with E-state index < -0.39 is 18.0 Å². The van der Waals surface area contributed by atoms with Crippen LogP contribution in [0.4, 0.5) is 11.4 Å². The highest BCUT2D eigenvalue weighted by atomic mass is 16.5. The minimum absolute atomic E-state index is 0.157. The van der Waals surface area contributed by atoms with E-state index in [4.69, 9.17) is 9.47 Å². The second kappa shape index (κ2) is 8.77. The summed E-state index contributed by atoms with van der Waals surface area (Å²) in [6.07, 6.45) is -0.846. The number of benzene rings is 2. The zero-order chi connectivity index (χ0) is 21.0. The van der Waals surface area contributed by atoms with Crippen LogP contribution in [0.1, 0.15) is 24.5 Å². The summed E-state index contributed by atoms with van der Waals surface area (Å²) in [4.78, 5) is 38.6. The third kappa shape index (κ3) is 4.93. The van der Waals surface area contributed by atoms with Crippen molar-refractivity contribution >= 4 is 29.2 Å². The zero-order valence-electron chi connectivity index (χ0n) is 16.7. The van der Waals surface area contributed by atoms with E-state index >= 15 is 0 Å². The number of aryl methyl sites for hydroxylation is 2. The molecule has 152 valence electrons. The van der Waals surface area contributed by atoms with E-state index in [1.54, 1.807) is 24.3 Å². The van der Waals surface area contributed by atoms with Gasteiger partial charge in [-0.05, 0) is 44.5 Å². The van der Waals surface area contributed by atoms with Crippen LogP contribution in [0.3, 0.4) is 0 Å². The molecule has 1 heterocycles. The second-order valence-corrected chi connectivity index (χ2v) is 6.99. The summed E-state index contributed by atoms with van der Waals surface area (Å²) in [5, 5.41) is 2.76. The Hall–Kier alpha value is -3.35. The highest BCUT2D eigenvalue weighted by Crippen LogP contribution is 2.30. The summed E-state index contributed by atoms with van der Waals surface area (Å²) in [6, 6.07) is 12.7. The Morgan fingerprint density at radius 2 is 1.97 bits per heavy atom. The molecule has 2 amide bonds. The molecule has 0 saturated heterocycles. The molecule has 7 heteroatoms. The Balaban J connectivity index is 1.63.